The van der Waals surface area contributed by atoms with Crippen LogP contribution in [0.2, 0.25) is 0 Å². The van der Waals surface area contributed by atoms with Crippen LogP contribution >= 0.6 is 0 Å². The minimum absolute atomic E-state index is 0.00829. The van der Waals surface area contributed by atoms with Crippen LogP contribution in [0.4, 0.5) is 26.3 Å². The SMILES string of the molecule is CC1(C)OC(=O)c2c(O)cc(O)cc2O1.CC1(C)OC(=O)c2c(cc(OS(=O)(=O)C(F)(F)F)cc2OS(=O)(=O)C(F)(F)F)O1. The summed E-state index contributed by atoms with van der Waals surface area (Å²) in [4.78, 5) is 23.5. The number of alkyl halides is 6. The van der Waals surface area contributed by atoms with Gasteiger partial charge in [0.2, 0.25) is 11.6 Å². The third-order valence-electron chi connectivity index (χ3n) is 4.87. The highest BCUT2D eigenvalue weighted by molar-refractivity contribution is 7.88. The van der Waals surface area contributed by atoms with Crippen LogP contribution in [0.5, 0.6) is 34.5 Å². The van der Waals surface area contributed by atoms with Crippen molar-refractivity contribution in [3.8, 4) is 34.5 Å². The molecule has 0 aromatic heterocycles. The van der Waals surface area contributed by atoms with Gasteiger partial charge in [0.05, 0.1) is 0 Å². The zero-order chi connectivity index (χ0) is 33.8. The van der Waals surface area contributed by atoms with Crippen LogP contribution in [0.3, 0.4) is 0 Å². The first-order valence-corrected chi connectivity index (χ1v) is 14.1. The van der Waals surface area contributed by atoms with Gasteiger partial charge in [-0.05, 0) is 0 Å². The number of phenols is 2. The number of benzene rings is 2. The van der Waals surface area contributed by atoms with E-state index in [1.54, 1.807) is 13.8 Å². The van der Waals surface area contributed by atoms with Crippen molar-refractivity contribution in [2.45, 2.75) is 50.3 Å². The highest BCUT2D eigenvalue weighted by Gasteiger charge is 2.51. The van der Waals surface area contributed by atoms with Gasteiger partial charge in [0.1, 0.15) is 39.9 Å². The van der Waals surface area contributed by atoms with Gasteiger partial charge in [-0.3, -0.25) is 0 Å². The molecule has 0 unspecified atom stereocenters. The molecule has 0 atom stereocenters. The van der Waals surface area contributed by atoms with Crippen molar-refractivity contribution in [1.82, 2.24) is 0 Å². The van der Waals surface area contributed by atoms with Crippen molar-refractivity contribution in [1.29, 1.82) is 0 Å². The van der Waals surface area contributed by atoms with Crippen molar-refractivity contribution >= 4 is 32.2 Å². The van der Waals surface area contributed by atoms with Gasteiger partial charge in [0.15, 0.2) is 5.75 Å². The molecular weight excluding hydrogens is 666 g/mol. The van der Waals surface area contributed by atoms with Gasteiger partial charge in [-0.25, -0.2) is 9.59 Å². The van der Waals surface area contributed by atoms with Crippen molar-refractivity contribution in [2.24, 2.45) is 0 Å². The largest absolute Gasteiger partial charge is 0.534 e. The van der Waals surface area contributed by atoms with E-state index in [2.05, 4.69) is 13.1 Å². The summed E-state index contributed by atoms with van der Waals surface area (Å²) in [5.41, 5.74) is -13.0. The summed E-state index contributed by atoms with van der Waals surface area (Å²) < 4.78 is 147. The second-order valence-corrected chi connectivity index (χ2v) is 12.5. The van der Waals surface area contributed by atoms with Crippen molar-refractivity contribution < 1.29 is 90.3 Å². The van der Waals surface area contributed by atoms with Gasteiger partial charge in [-0.2, -0.15) is 43.2 Å². The lowest BCUT2D eigenvalue weighted by Gasteiger charge is -2.32. The highest BCUT2D eigenvalue weighted by Crippen LogP contribution is 2.43. The third kappa shape index (κ3) is 7.23. The molecule has 244 valence electrons. The first kappa shape index (κ1) is 34.2. The molecule has 44 heavy (non-hydrogen) atoms. The first-order chi connectivity index (χ1) is 19.6. The maximum atomic E-state index is 12.6. The summed E-state index contributed by atoms with van der Waals surface area (Å²) in [6.07, 6.45) is 0. The van der Waals surface area contributed by atoms with Gasteiger partial charge in [-0.15, -0.1) is 0 Å². The van der Waals surface area contributed by atoms with Crippen LogP contribution in [0, 0.1) is 0 Å². The highest BCUT2D eigenvalue weighted by atomic mass is 32.2. The average Bonchev–Trinajstić information content (AvgIpc) is 2.74. The zero-order valence-corrected chi connectivity index (χ0v) is 23.8. The number of hydrogen-bond acceptors (Lipinski definition) is 14. The lowest BCUT2D eigenvalue weighted by atomic mass is 10.1. The van der Waals surface area contributed by atoms with Crippen molar-refractivity contribution in [3.63, 3.8) is 0 Å². The van der Waals surface area contributed by atoms with E-state index < -0.39 is 77.6 Å². The normalized spacial score (nSPS) is 17.2. The molecule has 0 amide bonds. The summed E-state index contributed by atoms with van der Waals surface area (Å²) in [7, 11) is -12.7. The first-order valence-electron chi connectivity index (χ1n) is 11.2. The molecule has 2 N–H and O–H groups in total. The van der Waals surface area contributed by atoms with E-state index in [9.17, 15) is 63.0 Å². The van der Waals surface area contributed by atoms with E-state index in [-0.39, 0.29) is 28.9 Å². The van der Waals surface area contributed by atoms with E-state index in [4.69, 9.17) is 14.2 Å². The maximum absolute atomic E-state index is 12.6. The van der Waals surface area contributed by atoms with Crippen LogP contribution < -0.4 is 17.8 Å². The molecule has 4 rings (SSSR count). The summed E-state index contributed by atoms with van der Waals surface area (Å²) in [6, 6.07) is 2.72. The Balaban J connectivity index is 0.000000293. The lowest BCUT2D eigenvalue weighted by molar-refractivity contribution is -0.128. The molecule has 22 heteroatoms. The number of fused-ring (bicyclic) bond motifs is 2. The molecule has 0 bridgehead atoms. The Bertz CT molecular complexity index is 1730. The Morgan fingerprint density at radius 1 is 0.659 bits per heavy atom. The summed E-state index contributed by atoms with van der Waals surface area (Å²) in [5.74, 6) is -9.17. The maximum Gasteiger partial charge on any atom is 0.534 e. The van der Waals surface area contributed by atoms with E-state index in [1.165, 1.54) is 6.07 Å². The monoisotopic (exact) mass is 684 g/mol. The Morgan fingerprint density at radius 3 is 1.57 bits per heavy atom. The zero-order valence-electron chi connectivity index (χ0n) is 22.2. The minimum Gasteiger partial charge on any atom is -0.508 e. The molecule has 0 fully saturated rings. The van der Waals surface area contributed by atoms with Gasteiger partial charge < -0.3 is 37.5 Å². The molecule has 2 aromatic rings. The number of rotatable bonds is 4. The number of halogens is 6. The molecular formula is C22H18F6O14S2. The van der Waals surface area contributed by atoms with Gasteiger partial charge >= 0.3 is 43.2 Å². The topological polar surface area (TPSA) is 198 Å². The number of ether oxygens (including phenoxy) is 4. The Hall–Kier alpha value is -4.34. The average molecular weight is 684 g/mol. The smallest absolute Gasteiger partial charge is 0.508 e. The Morgan fingerprint density at radius 2 is 1.09 bits per heavy atom. The number of cyclic esters (lactones) is 2. The van der Waals surface area contributed by atoms with Crippen molar-refractivity contribution in [2.75, 3.05) is 0 Å². The van der Waals surface area contributed by atoms with Crippen molar-refractivity contribution in [3.05, 3.63) is 35.4 Å². The van der Waals surface area contributed by atoms with Gasteiger partial charge in [0.25, 0.3) is 0 Å². The number of hydrogen-bond donors (Lipinski definition) is 2. The van der Waals surface area contributed by atoms with Crippen LogP contribution in [-0.4, -0.2) is 61.6 Å². The number of carbonyl (C=O) groups excluding carboxylic acids is 2. The molecule has 14 nitrogen and oxygen atoms in total. The number of phenolic OH excluding ortho intramolecular Hbond substituents is 2. The number of esters is 2. The molecule has 0 saturated carbocycles. The van der Waals surface area contributed by atoms with Gasteiger partial charge in [0, 0.05) is 52.0 Å². The molecule has 2 aliphatic rings. The molecule has 0 aliphatic carbocycles. The van der Waals surface area contributed by atoms with E-state index in [1.807, 2.05) is 0 Å². The Labute approximate surface area is 242 Å². The van der Waals surface area contributed by atoms with E-state index in [0.717, 1.165) is 19.9 Å². The van der Waals surface area contributed by atoms with Crippen LogP contribution in [0.25, 0.3) is 0 Å². The van der Waals surface area contributed by atoms with Crippen LogP contribution in [0.15, 0.2) is 24.3 Å². The molecule has 2 heterocycles. The fourth-order valence-corrected chi connectivity index (χ4v) is 4.20. The molecule has 2 aromatic carbocycles. The summed E-state index contributed by atoms with van der Waals surface area (Å²) >= 11 is 0. The van der Waals surface area contributed by atoms with Crippen LogP contribution in [0.1, 0.15) is 48.4 Å². The lowest BCUT2D eigenvalue weighted by Crippen LogP contribution is -2.39. The fraction of sp³-hybridized carbons (Fsp3) is 0.364. The molecule has 2 aliphatic heterocycles. The van der Waals surface area contributed by atoms with E-state index in [0.29, 0.717) is 6.07 Å². The molecule has 0 saturated heterocycles. The number of carbonyl (C=O) groups is 2. The second-order valence-electron chi connectivity index (χ2n) is 9.38. The third-order valence-corrected chi connectivity index (χ3v) is 6.82. The fourth-order valence-electron chi connectivity index (χ4n) is 3.29. The quantitative estimate of drug-likeness (QED) is 0.204. The van der Waals surface area contributed by atoms with Crippen LogP contribution in [-0.2, 0) is 29.7 Å². The predicted octanol–water partition coefficient (Wildman–Crippen LogP) is 3.81. The Kier molecular flexibility index (Phi) is 8.29. The standard InChI is InChI=1S/C12H8F6O9S2.C10H10O5/c1-10(2)24-6-3-5(26-28(20,21)11(13,14)15)4-7(8(6)9(19)25-10)27-29(22,23)12(16,17)18;1-10(2)14-7-4-5(11)3-6(12)8(7)9(13)15-10/h3-4H,1-2H3;3-4,11-12H,1-2H3. The second kappa shape index (κ2) is 10.7. The minimum atomic E-state index is -6.42. The number of aromatic hydroxyl groups is 2. The molecule has 0 spiro atoms. The summed E-state index contributed by atoms with van der Waals surface area (Å²) in [5, 5.41) is 18.7. The molecule has 0 radical (unpaired) electrons. The van der Waals surface area contributed by atoms with E-state index >= 15 is 0 Å². The van der Waals surface area contributed by atoms with Gasteiger partial charge in [-0.1, -0.05) is 0 Å². The summed E-state index contributed by atoms with van der Waals surface area (Å²) in [6.45, 7) is 5.35. The predicted molar refractivity (Wildman–Crippen MR) is 128 cm³/mol.